The number of nitrogens with zero attached hydrogens (tertiary/aromatic N) is 1. The van der Waals surface area contributed by atoms with Crippen molar-refractivity contribution in [2.24, 2.45) is 5.14 Å². The molecule has 0 spiro atoms. The number of sulfonamides is 2. The summed E-state index contributed by atoms with van der Waals surface area (Å²) >= 11 is 0. The Morgan fingerprint density at radius 2 is 1.37 bits per heavy atom. The number of carbonyl (C=O) groups is 1. The second kappa shape index (κ2) is 9.25. The maximum Gasteiger partial charge on any atom is 0.251 e. The zero-order valence-electron chi connectivity index (χ0n) is 16.5. The van der Waals surface area contributed by atoms with Gasteiger partial charge in [-0.1, -0.05) is 25.0 Å². The second-order valence-corrected chi connectivity index (χ2v) is 10.7. The third-order valence-electron chi connectivity index (χ3n) is 5.02. The average Bonchev–Trinajstić information content (AvgIpc) is 3.02. The van der Waals surface area contributed by atoms with Gasteiger partial charge >= 0.3 is 0 Å². The van der Waals surface area contributed by atoms with Crippen molar-refractivity contribution >= 4 is 26.0 Å². The van der Waals surface area contributed by atoms with Gasteiger partial charge in [0.2, 0.25) is 20.0 Å². The fourth-order valence-corrected chi connectivity index (χ4v) is 5.32. The van der Waals surface area contributed by atoms with E-state index in [9.17, 15) is 21.6 Å². The van der Waals surface area contributed by atoms with Gasteiger partial charge in [-0.2, -0.15) is 4.31 Å². The molecule has 1 aliphatic heterocycles. The molecule has 0 saturated carbocycles. The number of nitrogens with one attached hydrogen (secondary N) is 1. The Hall–Kier alpha value is -2.27. The Labute approximate surface area is 177 Å². The third-order valence-corrected chi connectivity index (χ3v) is 7.87. The summed E-state index contributed by atoms with van der Waals surface area (Å²) in [6, 6.07) is 11.8. The van der Waals surface area contributed by atoms with Crippen molar-refractivity contribution in [1.29, 1.82) is 0 Å². The highest BCUT2D eigenvalue weighted by atomic mass is 32.2. The number of primary sulfonamides is 1. The highest BCUT2D eigenvalue weighted by molar-refractivity contribution is 7.89. The molecule has 8 nitrogen and oxygen atoms in total. The molecule has 1 saturated heterocycles. The summed E-state index contributed by atoms with van der Waals surface area (Å²) in [4.78, 5) is 12.5. The number of nitrogens with two attached hydrogens (primary N) is 1. The first kappa shape index (κ1) is 22.4. The van der Waals surface area contributed by atoms with Gasteiger partial charge in [0.05, 0.1) is 9.79 Å². The summed E-state index contributed by atoms with van der Waals surface area (Å²) < 4.78 is 49.7. The van der Waals surface area contributed by atoms with Gasteiger partial charge in [-0.05, 0) is 54.8 Å². The van der Waals surface area contributed by atoms with E-state index in [-0.39, 0.29) is 22.2 Å². The predicted molar refractivity (Wildman–Crippen MR) is 113 cm³/mol. The number of hydrogen-bond donors (Lipinski definition) is 2. The van der Waals surface area contributed by atoms with Crippen LogP contribution >= 0.6 is 0 Å². The first-order valence-electron chi connectivity index (χ1n) is 9.68. The first-order valence-corrected chi connectivity index (χ1v) is 12.7. The van der Waals surface area contributed by atoms with E-state index in [2.05, 4.69) is 5.32 Å². The lowest BCUT2D eigenvalue weighted by Gasteiger charge is -2.20. The van der Waals surface area contributed by atoms with Crippen molar-refractivity contribution in [3.63, 3.8) is 0 Å². The summed E-state index contributed by atoms with van der Waals surface area (Å²) in [5, 5.41) is 7.78. The standard InChI is InChI=1S/C20H25N3O5S2/c21-29(25,26)18-9-5-16(6-10-18)15-22-20(24)17-7-11-19(12-8-17)30(27,28)23-13-3-1-2-4-14-23/h5-12H,1-4,13-15H2,(H,22,24)(H2,21,25,26). The van der Waals surface area contributed by atoms with Gasteiger partial charge in [-0.3, -0.25) is 4.79 Å². The van der Waals surface area contributed by atoms with Gasteiger partial charge in [0.1, 0.15) is 0 Å². The van der Waals surface area contributed by atoms with E-state index >= 15 is 0 Å². The van der Waals surface area contributed by atoms with Gasteiger partial charge in [0, 0.05) is 25.2 Å². The van der Waals surface area contributed by atoms with Crippen LogP contribution in [0.4, 0.5) is 0 Å². The van der Waals surface area contributed by atoms with Crippen molar-refractivity contribution in [1.82, 2.24) is 9.62 Å². The van der Waals surface area contributed by atoms with E-state index in [0.717, 1.165) is 25.7 Å². The van der Waals surface area contributed by atoms with Crippen LogP contribution in [0.25, 0.3) is 0 Å². The highest BCUT2D eigenvalue weighted by Crippen LogP contribution is 2.20. The first-order chi connectivity index (χ1) is 14.2. The SMILES string of the molecule is NS(=O)(=O)c1ccc(CNC(=O)c2ccc(S(=O)(=O)N3CCCCCC3)cc2)cc1. The fourth-order valence-electron chi connectivity index (χ4n) is 3.29. The molecule has 1 heterocycles. The molecule has 0 bridgehead atoms. The van der Waals surface area contributed by atoms with Gasteiger partial charge in [-0.15, -0.1) is 0 Å². The largest absolute Gasteiger partial charge is 0.348 e. The van der Waals surface area contributed by atoms with Crippen LogP contribution in [0.2, 0.25) is 0 Å². The van der Waals surface area contributed by atoms with Crippen LogP contribution in [0.1, 0.15) is 41.6 Å². The molecule has 2 aromatic rings. The molecule has 0 aliphatic carbocycles. The van der Waals surface area contributed by atoms with Crippen LogP contribution in [-0.4, -0.2) is 40.1 Å². The summed E-state index contributed by atoms with van der Waals surface area (Å²) in [6.07, 6.45) is 3.79. The van der Waals surface area contributed by atoms with Crippen molar-refractivity contribution < 1.29 is 21.6 Å². The molecule has 162 valence electrons. The molecule has 0 atom stereocenters. The molecule has 2 aromatic carbocycles. The summed E-state index contributed by atoms with van der Waals surface area (Å²) in [7, 11) is -7.32. The minimum Gasteiger partial charge on any atom is -0.348 e. The van der Waals surface area contributed by atoms with E-state index in [1.807, 2.05) is 0 Å². The van der Waals surface area contributed by atoms with Crippen molar-refractivity contribution in [3.8, 4) is 0 Å². The number of carbonyl (C=O) groups excluding carboxylic acids is 1. The molecular formula is C20H25N3O5S2. The minimum absolute atomic E-state index is 0.00113. The lowest BCUT2D eigenvalue weighted by molar-refractivity contribution is 0.0950. The molecule has 3 rings (SSSR count). The van der Waals surface area contributed by atoms with E-state index in [0.29, 0.717) is 24.2 Å². The Morgan fingerprint density at radius 1 is 0.833 bits per heavy atom. The van der Waals surface area contributed by atoms with Crippen molar-refractivity contribution in [2.75, 3.05) is 13.1 Å². The van der Waals surface area contributed by atoms with Gasteiger partial charge in [0.25, 0.3) is 5.91 Å². The summed E-state index contributed by atoms with van der Waals surface area (Å²) in [5.74, 6) is -0.357. The molecule has 1 amide bonds. The second-order valence-electron chi connectivity index (χ2n) is 7.21. The normalized spacial score (nSPS) is 16.0. The maximum atomic E-state index is 12.8. The molecule has 1 aliphatic rings. The van der Waals surface area contributed by atoms with E-state index in [1.165, 1.54) is 40.7 Å². The van der Waals surface area contributed by atoms with E-state index < -0.39 is 20.0 Å². The van der Waals surface area contributed by atoms with Crippen LogP contribution in [0, 0.1) is 0 Å². The number of amides is 1. The lowest BCUT2D eigenvalue weighted by Crippen LogP contribution is -2.32. The number of benzene rings is 2. The van der Waals surface area contributed by atoms with Crippen LogP contribution in [0.3, 0.4) is 0 Å². The van der Waals surface area contributed by atoms with Crippen LogP contribution < -0.4 is 10.5 Å². The van der Waals surface area contributed by atoms with Crippen molar-refractivity contribution in [3.05, 3.63) is 59.7 Å². The summed E-state index contributed by atoms with van der Waals surface area (Å²) in [6.45, 7) is 1.24. The molecule has 10 heteroatoms. The topological polar surface area (TPSA) is 127 Å². The van der Waals surface area contributed by atoms with Gasteiger partial charge < -0.3 is 5.32 Å². The molecular weight excluding hydrogens is 426 g/mol. The average molecular weight is 452 g/mol. The smallest absolute Gasteiger partial charge is 0.251 e. The zero-order valence-corrected chi connectivity index (χ0v) is 18.1. The Kier molecular flexibility index (Phi) is 6.91. The van der Waals surface area contributed by atoms with E-state index in [1.54, 1.807) is 12.1 Å². The fraction of sp³-hybridized carbons (Fsp3) is 0.350. The summed E-state index contributed by atoms with van der Waals surface area (Å²) in [5.41, 5.74) is 1.04. The monoisotopic (exact) mass is 451 g/mol. The Morgan fingerprint density at radius 3 is 1.90 bits per heavy atom. The van der Waals surface area contributed by atoms with E-state index in [4.69, 9.17) is 5.14 Å². The molecule has 0 radical (unpaired) electrons. The Balaban J connectivity index is 1.63. The van der Waals surface area contributed by atoms with Crippen molar-refractivity contribution in [2.45, 2.75) is 42.0 Å². The quantitative estimate of drug-likeness (QED) is 0.693. The molecule has 30 heavy (non-hydrogen) atoms. The molecule has 0 aromatic heterocycles. The Bertz CT molecular complexity index is 1090. The number of hydrogen-bond acceptors (Lipinski definition) is 5. The predicted octanol–water partition coefficient (Wildman–Crippen LogP) is 1.83. The van der Waals surface area contributed by atoms with Crippen LogP contribution in [-0.2, 0) is 26.6 Å². The van der Waals surface area contributed by atoms with Gasteiger partial charge in [0.15, 0.2) is 0 Å². The molecule has 0 unspecified atom stereocenters. The van der Waals surface area contributed by atoms with Gasteiger partial charge in [-0.25, -0.2) is 22.0 Å². The zero-order chi connectivity index (χ0) is 21.8. The lowest BCUT2D eigenvalue weighted by atomic mass is 10.2. The van der Waals surface area contributed by atoms with Crippen LogP contribution in [0.15, 0.2) is 58.3 Å². The maximum absolute atomic E-state index is 12.8. The molecule has 3 N–H and O–H groups in total. The molecule has 1 fully saturated rings. The van der Waals surface area contributed by atoms with Crippen LogP contribution in [0.5, 0.6) is 0 Å². The highest BCUT2D eigenvalue weighted by Gasteiger charge is 2.25. The minimum atomic E-state index is -3.76. The third kappa shape index (κ3) is 5.45. The number of rotatable bonds is 6.